The Balaban J connectivity index is 1.85. The summed E-state index contributed by atoms with van der Waals surface area (Å²) in [5, 5.41) is 12.0. The van der Waals surface area contributed by atoms with Gasteiger partial charge in [0.2, 0.25) is 0 Å². The Kier molecular flexibility index (Phi) is 5.43. The quantitative estimate of drug-likeness (QED) is 0.513. The van der Waals surface area contributed by atoms with Crippen LogP contribution in [-0.4, -0.2) is 27.2 Å². The van der Waals surface area contributed by atoms with Crippen LogP contribution in [0.2, 0.25) is 0 Å². The standard InChI is InChI=1S/C22H18FN3O3S/c1-13-6-7-15(10-17(13)23)25-20(28)16-11-18-22(30-12-24-18)26(21(16)29)19-5-3-2-4-14(19)8-9-27/h2-7,10-12,27H,8-9H2,1H3,(H,25,28). The maximum Gasteiger partial charge on any atom is 0.269 e. The van der Waals surface area contributed by atoms with Crippen LogP contribution in [0.15, 0.2) is 58.8 Å². The lowest BCUT2D eigenvalue weighted by Crippen LogP contribution is -2.29. The first kappa shape index (κ1) is 19.9. The lowest BCUT2D eigenvalue weighted by atomic mass is 10.1. The minimum absolute atomic E-state index is 0.0727. The van der Waals surface area contributed by atoms with Crippen LogP contribution in [0.5, 0.6) is 0 Å². The first-order chi connectivity index (χ1) is 14.5. The van der Waals surface area contributed by atoms with Crippen molar-refractivity contribution in [3.05, 3.63) is 86.9 Å². The van der Waals surface area contributed by atoms with E-state index in [-0.39, 0.29) is 17.9 Å². The molecule has 2 heterocycles. The first-order valence-electron chi connectivity index (χ1n) is 9.25. The number of amides is 1. The number of para-hydroxylation sites is 1. The number of thiazole rings is 1. The maximum atomic E-state index is 13.8. The molecule has 6 nitrogen and oxygen atoms in total. The van der Waals surface area contributed by atoms with Gasteiger partial charge in [0.25, 0.3) is 11.5 Å². The Morgan fingerprint density at radius 3 is 2.80 bits per heavy atom. The molecule has 1 amide bonds. The minimum atomic E-state index is -0.647. The van der Waals surface area contributed by atoms with Crippen LogP contribution in [0.4, 0.5) is 10.1 Å². The van der Waals surface area contributed by atoms with Gasteiger partial charge in [0.15, 0.2) is 0 Å². The van der Waals surface area contributed by atoms with Gasteiger partial charge in [-0.2, -0.15) is 0 Å². The number of aliphatic hydroxyl groups is 1. The number of fused-ring (bicyclic) bond motifs is 1. The highest BCUT2D eigenvalue weighted by Gasteiger charge is 2.20. The number of anilines is 1. The number of halogens is 1. The lowest BCUT2D eigenvalue weighted by molar-refractivity contribution is 0.102. The third-order valence-electron chi connectivity index (χ3n) is 4.78. The minimum Gasteiger partial charge on any atom is -0.396 e. The van der Waals surface area contributed by atoms with E-state index >= 15 is 0 Å². The molecular weight excluding hydrogens is 405 g/mol. The summed E-state index contributed by atoms with van der Waals surface area (Å²) >= 11 is 1.29. The third-order valence-corrected chi connectivity index (χ3v) is 5.61. The van der Waals surface area contributed by atoms with Crippen LogP contribution in [0.1, 0.15) is 21.5 Å². The summed E-state index contributed by atoms with van der Waals surface area (Å²) in [5.74, 6) is -1.09. The topological polar surface area (TPSA) is 84.2 Å². The van der Waals surface area contributed by atoms with Gasteiger partial charge in [-0.3, -0.25) is 14.2 Å². The molecule has 0 aliphatic rings. The summed E-state index contributed by atoms with van der Waals surface area (Å²) in [5.41, 5.74) is 3.56. The highest BCUT2D eigenvalue weighted by atomic mass is 32.1. The van der Waals surface area contributed by atoms with Crippen LogP contribution in [0.25, 0.3) is 16.0 Å². The first-order valence-corrected chi connectivity index (χ1v) is 10.1. The van der Waals surface area contributed by atoms with Crippen molar-refractivity contribution in [2.45, 2.75) is 13.3 Å². The number of hydrogen-bond donors (Lipinski definition) is 2. The number of hydrogen-bond acceptors (Lipinski definition) is 5. The van der Waals surface area contributed by atoms with Crippen LogP contribution in [-0.2, 0) is 6.42 Å². The number of pyridine rings is 1. The molecule has 0 atom stereocenters. The molecule has 4 rings (SSSR count). The highest BCUT2D eigenvalue weighted by molar-refractivity contribution is 7.16. The average molecular weight is 423 g/mol. The monoisotopic (exact) mass is 423 g/mol. The molecule has 0 saturated carbocycles. The Labute approximate surface area is 175 Å². The summed E-state index contributed by atoms with van der Waals surface area (Å²) in [6.07, 6.45) is 0.363. The molecule has 0 radical (unpaired) electrons. The summed E-state index contributed by atoms with van der Waals surface area (Å²) in [4.78, 5) is 31.1. The zero-order valence-corrected chi connectivity index (χ0v) is 16.9. The van der Waals surface area contributed by atoms with Crippen LogP contribution in [0.3, 0.4) is 0 Å². The molecule has 0 aliphatic heterocycles. The SMILES string of the molecule is Cc1ccc(NC(=O)c2cc3ncsc3n(-c3ccccc3CCO)c2=O)cc1F. The largest absolute Gasteiger partial charge is 0.396 e. The number of rotatable bonds is 5. The van der Waals surface area contributed by atoms with Gasteiger partial charge < -0.3 is 10.4 Å². The molecular formula is C22H18FN3O3S. The zero-order chi connectivity index (χ0) is 21.3. The molecule has 0 saturated heterocycles. The molecule has 2 aromatic carbocycles. The molecule has 0 spiro atoms. The number of carbonyl (C=O) groups is 1. The molecule has 152 valence electrons. The molecule has 0 fully saturated rings. The third kappa shape index (κ3) is 3.62. The van der Waals surface area contributed by atoms with E-state index in [1.54, 1.807) is 36.7 Å². The van der Waals surface area contributed by atoms with Gasteiger partial charge in [-0.05, 0) is 48.7 Å². The summed E-state index contributed by atoms with van der Waals surface area (Å²) in [7, 11) is 0. The Bertz CT molecular complexity index is 1310. The Hall–Kier alpha value is -3.36. The number of nitrogens with one attached hydrogen (secondary N) is 1. The van der Waals surface area contributed by atoms with Crippen molar-refractivity contribution in [3.63, 3.8) is 0 Å². The maximum absolute atomic E-state index is 13.8. The van der Waals surface area contributed by atoms with Crippen LogP contribution >= 0.6 is 11.3 Å². The normalized spacial score (nSPS) is 11.0. The van der Waals surface area contributed by atoms with Crippen molar-refractivity contribution >= 4 is 33.3 Å². The van der Waals surface area contributed by atoms with Gasteiger partial charge in [-0.15, -0.1) is 11.3 Å². The van der Waals surface area contributed by atoms with Gasteiger partial charge >= 0.3 is 0 Å². The average Bonchev–Trinajstić information content (AvgIpc) is 3.19. The van der Waals surface area contributed by atoms with Crippen molar-refractivity contribution in [3.8, 4) is 5.69 Å². The van der Waals surface area contributed by atoms with Gasteiger partial charge in [0.1, 0.15) is 16.2 Å². The van der Waals surface area contributed by atoms with Crippen molar-refractivity contribution in [1.82, 2.24) is 9.55 Å². The number of aryl methyl sites for hydroxylation is 1. The summed E-state index contributed by atoms with van der Waals surface area (Å²) in [6, 6.07) is 13.0. The summed E-state index contributed by atoms with van der Waals surface area (Å²) < 4.78 is 15.3. The van der Waals surface area contributed by atoms with E-state index in [9.17, 15) is 19.1 Å². The fourth-order valence-electron chi connectivity index (χ4n) is 3.24. The van der Waals surface area contributed by atoms with E-state index in [0.29, 0.717) is 28.0 Å². The predicted octanol–water partition coefficient (Wildman–Crippen LogP) is 3.68. The number of benzene rings is 2. The summed E-state index contributed by atoms with van der Waals surface area (Å²) in [6.45, 7) is 1.55. The Morgan fingerprint density at radius 1 is 1.23 bits per heavy atom. The number of aromatic nitrogens is 2. The van der Waals surface area contributed by atoms with Crippen molar-refractivity contribution in [1.29, 1.82) is 0 Å². The van der Waals surface area contributed by atoms with Gasteiger partial charge in [0, 0.05) is 12.3 Å². The molecule has 0 aliphatic carbocycles. The smallest absolute Gasteiger partial charge is 0.269 e. The molecule has 0 bridgehead atoms. The zero-order valence-electron chi connectivity index (χ0n) is 16.1. The second-order valence-corrected chi connectivity index (χ2v) is 7.59. The van der Waals surface area contributed by atoms with E-state index in [1.807, 2.05) is 12.1 Å². The number of aliphatic hydroxyl groups excluding tert-OH is 1. The molecule has 2 aromatic heterocycles. The second kappa shape index (κ2) is 8.17. The van der Waals surface area contributed by atoms with Gasteiger partial charge in [-0.25, -0.2) is 9.37 Å². The molecule has 4 aromatic rings. The van der Waals surface area contributed by atoms with E-state index < -0.39 is 17.3 Å². The van der Waals surface area contributed by atoms with Crippen molar-refractivity contribution in [2.24, 2.45) is 0 Å². The molecule has 8 heteroatoms. The van der Waals surface area contributed by atoms with Gasteiger partial charge in [0.05, 0.1) is 16.7 Å². The van der Waals surface area contributed by atoms with Gasteiger partial charge in [-0.1, -0.05) is 24.3 Å². The van der Waals surface area contributed by atoms with E-state index in [2.05, 4.69) is 10.3 Å². The number of carbonyl (C=O) groups excluding carboxylic acids is 1. The second-order valence-electron chi connectivity index (χ2n) is 6.76. The van der Waals surface area contributed by atoms with Crippen LogP contribution < -0.4 is 10.9 Å². The van der Waals surface area contributed by atoms with Crippen molar-refractivity contribution < 1.29 is 14.3 Å². The van der Waals surface area contributed by atoms with E-state index in [0.717, 1.165) is 5.56 Å². The fourth-order valence-corrected chi connectivity index (χ4v) is 4.02. The molecule has 0 unspecified atom stereocenters. The molecule has 30 heavy (non-hydrogen) atoms. The fraction of sp³-hybridized carbons (Fsp3) is 0.136. The lowest BCUT2D eigenvalue weighted by Gasteiger charge is -2.14. The Morgan fingerprint density at radius 2 is 2.03 bits per heavy atom. The van der Waals surface area contributed by atoms with E-state index in [1.165, 1.54) is 28.0 Å². The number of nitrogens with zero attached hydrogens (tertiary/aromatic N) is 2. The predicted molar refractivity (Wildman–Crippen MR) is 115 cm³/mol. The van der Waals surface area contributed by atoms with Crippen LogP contribution in [0, 0.1) is 12.7 Å². The molecule has 2 N–H and O–H groups in total. The van der Waals surface area contributed by atoms with E-state index in [4.69, 9.17) is 0 Å². The highest BCUT2D eigenvalue weighted by Crippen LogP contribution is 2.24. The van der Waals surface area contributed by atoms with Crippen molar-refractivity contribution in [2.75, 3.05) is 11.9 Å².